The van der Waals surface area contributed by atoms with E-state index in [1.54, 1.807) is 13.2 Å². The third kappa shape index (κ3) is 3.85. The van der Waals surface area contributed by atoms with Gasteiger partial charge >= 0.3 is 0 Å². The van der Waals surface area contributed by atoms with Crippen LogP contribution in [-0.2, 0) is 4.74 Å². The second-order valence-corrected chi connectivity index (χ2v) is 5.37. The maximum atomic E-state index is 6.00. The van der Waals surface area contributed by atoms with Crippen LogP contribution in [0.15, 0.2) is 18.2 Å². The van der Waals surface area contributed by atoms with Crippen molar-refractivity contribution in [2.24, 2.45) is 5.92 Å². The zero-order valence-corrected chi connectivity index (χ0v) is 11.4. The van der Waals surface area contributed by atoms with Crippen LogP contribution in [0, 0.1) is 5.92 Å². The van der Waals surface area contributed by atoms with Crippen molar-refractivity contribution < 1.29 is 4.74 Å². The molecule has 2 rings (SSSR count). The molecule has 0 amide bonds. The third-order valence-electron chi connectivity index (χ3n) is 3.13. The summed E-state index contributed by atoms with van der Waals surface area (Å²) in [6.07, 6.45) is 1.22. The van der Waals surface area contributed by atoms with Crippen molar-refractivity contribution in [1.82, 2.24) is 5.32 Å². The molecule has 0 aliphatic heterocycles. The minimum absolute atomic E-state index is 0.612. The van der Waals surface area contributed by atoms with Gasteiger partial charge in [-0.05, 0) is 48.6 Å². The number of methoxy groups -OCH3 is 1. The van der Waals surface area contributed by atoms with Gasteiger partial charge in [-0.15, -0.1) is 0 Å². The zero-order chi connectivity index (χ0) is 12.3. The van der Waals surface area contributed by atoms with Crippen LogP contribution in [-0.4, -0.2) is 26.8 Å². The molecule has 2 unspecified atom stereocenters. The molecule has 0 spiro atoms. The highest BCUT2D eigenvalue weighted by Crippen LogP contribution is 2.47. The first kappa shape index (κ1) is 13.2. The second-order valence-electron chi connectivity index (χ2n) is 4.50. The highest BCUT2D eigenvalue weighted by molar-refractivity contribution is 6.34. The van der Waals surface area contributed by atoms with E-state index >= 15 is 0 Å². The maximum Gasteiger partial charge on any atom is 0.0587 e. The summed E-state index contributed by atoms with van der Waals surface area (Å²) in [5.74, 6) is 1.32. The van der Waals surface area contributed by atoms with Gasteiger partial charge in [0.1, 0.15) is 0 Å². The smallest absolute Gasteiger partial charge is 0.0587 e. The largest absolute Gasteiger partial charge is 0.383 e. The van der Waals surface area contributed by atoms with E-state index in [-0.39, 0.29) is 0 Å². The lowest BCUT2D eigenvalue weighted by Crippen LogP contribution is -2.21. The fourth-order valence-corrected chi connectivity index (χ4v) is 2.68. The van der Waals surface area contributed by atoms with Gasteiger partial charge in [-0.1, -0.05) is 23.2 Å². The standard InChI is InChI=1S/C13H17Cl2NO/c1-17-3-2-16-8-10-6-13(10)9-4-11(14)7-12(15)5-9/h4-5,7,10,13,16H,2-3,6,8H2,1H3. The number of nitrogens with one attached hydrogen (secondary N) is 1. The molecule has 1 fully saturated rings. The van der Waals surface area contributed by atoms with E-state index < -0.39 is 0 Å². The van der Waals surface area contributed by atoms with Gasteiger partial charge in [-0.25, -0.2) is 0 Å². The maximum absolute atomic E-state index is 6.00. The quantitative estimate of drug-likeness (QED) is 0.803. The Kier molecular flexibility index (Phi) is 4.69. The zero-order valence-electron chi connectivity index (χ0n) is 9.88. The molecule has 17 heavy (non-hydrogen) atoms. The van der Waals surface area contributed by atoms with Crippen molar-refractivity contribution in [3.8, 4) is 0 Å². The van der Waals surface area contributed by atoms with Gasteiger partial charge in [0.2, 0.25) is 0 Å². The Morgan fingerprint density at radius 1 is 1.29 bits per heavy atom. The molecule has 1 aromatic carbocycles. The van der Waals surface area contributed by atoms with Crippen LogP contribution in [0.5, 0.6) is 0 Å². The first-order valence-corrected chi connectivity index (χ1v) is 6.62. The fourth-order valence-electron chi connectivity index (χ4n) is 2.13. The number of halogens is 2. The van der Waals surface area contributed by atoms with Gasteiger partial charge in [0.15, 0.2) is 0 Å². The van der Waals surface area contributed by atoms with E-state index in [0.29, 0.717) is 11.8 Å². The monoisotopic (exact) mass is 273 g/mol. The predicted molar refractivity (Wildman–Crippen MR) is 72.1 cm³/mol. The molecule has 1 N–H and O–H groups in total. The van der Waals surface area contributed by atoms with Gasteiger partial charge in [0.25, 0.3) is 0 Å². The Hall–Kier alpha value is -0.280. The number of rotatable bonds is 6. The number of hydrogen-bond donors (Lipinski definition) is 1. The van der Waals surface area contributed by atoms with Gasteiger partial charge < -0.3 is 10.1 Å². The van der Waals surface area contributed by atoms with Gasteiger partial charge in [0.05, 0.1) is 6.61 Å². The number of hydrogen-bond acceptors (Lipinski definition) is 2. The second kappa shape index (κ2) is 6.05. The molecule has 1 aliphatic rings. The fraction of sp³-hybridized carbons (Fsp3) is 0.538. The molecule has 0 saturated heterocycles. The Morgan fingerprint density at radius 3 is 2.65 bits per heavy atom. The van der Waals surface area contributed by atoms with Crippen LogP contribution in [0.3, 0.4) is 0 Å². The molecule has 1 saturated carbocycles. The lowest BCUT2D eigenvalue weighted by molar-refractivity contribution is 0.199. The van der Waals surface area contributed by atoms with Crippen molar-refractivity contribution in [3.63, 3.8) is 0 Å². The third-order valence-corrected chi connectivity index (χ3v) is 3.56. The average molecular weight is 274 g/mol. The van der Waals surface area contributed by atoms with Crippen molar-refractivity contribution in [2.75, 3.05) is 26.8 Å². The molecule has 2 atom stereocenters. The first-order valence-electron chi connectivity index (χ1n) is 5.86. The van der Waals surface area contributed by atoms with Crippen LogP contribution in [0.4, 0.5) is 0 Å². The van der Waals surface area contributed by atoms with Crippen LogP contribution in [0.1, 0.15) is 17.9 Å². The number of benzene rings is 1. The molecule has 0 aromatic heterocycles. The summed E-state index contributed by atoms with van der Waals surface area (Å²) >= 11 is 12.0. The molecule has 0 bridgehead atoms. The van der Waals surface area contributed by atoms with E-state index in [4.69, 9.17) is 27.9 Å². The van der Waals surface area contributed by atoms with Crippen molar-refractivity contribution in [1.29, 1.82) is 0 Å². The highest BCUT2D eigenvalue weighted by Gasteiger charge is 2.37. The van der Waals surface area contributed by atoms with Gasteiger partial charge in [-0.2, -0.15) is 0 Å². The SMILES string of the molecule is COCCNCC1CC1c1cc(Cl)cc(Cl)c1. The minimum atomic E-state index is 0.612. The molecule has 0 radical (unpaired) electrons. The summed E-state index contributed by atoms with van der Waals surface area (Å²) in [6, 6.07) is 5.82. The summed E-state index contributed by atoms with van der Waals surface area (Å²) in [7, 11) is 1.72. The Labute approximate surface area is 112 Å². The average Bonchev–Trinajstić information content (AvgIpc) is 3.02. The van der Waals surface area contributed by atoms with Gasteiger partial charge in [0, 0.05) is 23.7 Å². The van der Waals surface area contributed by atoms with Crippen molar-refractivity contribution >= 4 is 23.2 Å². The number of ether oxygens (including phenoxy) is 1. The van der Waals surface area contributed by atoms with Crippen LogP contribution in [0.25, 0.3) is 0 Å². The van der Waals surface area contributed by atoms with Crippen LogP contribution in [0.2, 0.25) is 10.0 Å². The Bertz CT molecular complexity index is 363. The lowest BCUT2D eigenvalue weighted by Gasteiger charge is -2.04. The predicted octanol–water partition coefficient (Wildman–Crippen LogP) is 3.33. The van der Waals surface area contributed by atoms with E-state index in [1.807, 2.05) is 12.1 Å². The van der Waals surface area contributed by atoms with Crippen LogP contribution < -0.4 is 5.32 Å². The van der Waals surface area contributed by atoms with E-state index in [9.17, 15) is 0 Å². The van der Waals surface area contributed by atoms with Crippen molar-refractivity contribution in [2.45, 2.75) is 12.3 Å². The molecule has 1 aromatic rings. The molecule has 2 nitrogen and oxygen atoms in total. The normalized spacial score (nSPS) is 22.8. The van der Waals surface area contributed by atoms with E-state index in [1.165, 1.54) is 12.0 Å². The van der Waals surface area contributed by atoms with E-state index in [0.717, 1.165) is 29.7 Å². The summed E-state index contributed by atoms with van der Waals surface area (Å²) in [6.45, 7) is 2.72. The summed E-state index contributed by atoms with van der Waals surface area (Å²) < 4.78 is 4.99. The van der Waals surface area contributed by atoms with Crippen LogP contribution >= 0.6 is 23.2 Å². The molecule has 4 heteroatoms. The summed E-state index contributed by atoms with van der Waals surface area (Å²) in [5, 5.41) is 4.84. The Balaban J connectivity index is 1.81. The molecular formula is C13H17Cl2NO. The van der Waals surface area contributed by atoms with Gasteiger partial charge in [-0.3, -0.25) is 0 Å². The lowest BCUT2D eigenvalue weighted by atomic mass is 10.1. The Morgan fingerprint density at radius 2 is 2.00 bits per heavy atom. The summed E-state index contributed by atoms with van der Waals surface area (Å²) in [4.78, 5) is 0. The minimum Gasteiger partial charge on any atom is -0.383 e. The summed E-state index contributed by atoms with van der Waals surface area (Å²) in [5.41, 5.74) is 1.26. The topological polar surface area (TPSA) is 21.3 Å². The molecule has 94 valence electrons. The molecule has 0 heterocycles. The van der Waals surface area contributed by atoms with E-state index in [2.05, 4.69) is 5.32 Å². The molecule has 1 aliphatic carbocycles. The molecular weight excluding hydrogens is 257 g/mol. The van der Waals surface area contributed by atoms with Crippen molar-refractivity contribution in [3.05, 3.63) is 33.8 Å². The highest BCUT2D eigenvalue weighted by atomic mass is 35.5. The first-order chi connectivity index (χ1) is 8.20.